The monoisotopic (exact) mass is 337 g/mol. The van der Waals surface area contributed by atoms with E-state index in [9.17, 15) is 15.0 Å². The second-order valence-corrected chi connectivity index (χ2v) is 5.74. The predicted octanol–water partition coefficient (Wildman–Crippen LogP) is 2.56. The first-order valence-electron chi connectivity index (χ1n) is 8.06. The maximum absolute atomic E-state index is 11.8. The fraction of sp³-hybridized carbons (Fsp3) is 0.211. The highest BCUT2D eigenvalue weighted by Crippen LogP contribution is 2.24. The molecular formula is C19H19N3O3. The SMILES string of the molecule is CC=CC(O)C(=O)CCc1ccc(-n2nc3ccccc3n2)c(O)c1. The number of fused-ring (bicyclic) bond motifs is 1. The van der Waals surface area contributed by atoms with Gasteiger partial charge in [-0.2, -0.15) is 0 Å². The molecule has 3 rings (SSSR count). The van der Waals surface area contributed by atoms with Gasteiger partial charge >= 0.3 is 0 Å². The van der Waals surface area contributed by atoms with Gasteiger partial charge in [-0.1, -0.05) is 30.4 Å². The Balaban J connectivity index is 1.75. The van der Waals surface area contributed by atoms with Gasteiger partial charge in [0, 0.05) is 6.42 Å². The smallest absolute Gasteiger partial charge is 0.165 e. The molecule has 0 saturated heterocycles. The van der Waals surface area contributed by atoms with E-state index in [-0.39, 0.29) is 18.0 Å². The molecule has 1 heterocycles. The molecule has 0 radical (unpaired) electrons. The highest BCUT2D eigenvalue weighted by Gasteiger charge is 2.13. The van der Waals surface area contributed by atoms with Gasteiger partial charge < -0.3 is 10.2 Å². The summed E-state index contributed by atoms with van der Waals surface area (Å²) < 4.78 is 0. The van der Waals surface area contributed by atoms with E-state index >= 15 is 0 Å². The summed E-state index contributed by atoms with van der Waals surface area (Å²) in [6.07, 6.45) is 2.67. The number of phenolic OH excluding ortho intramolecular Hbond substituents is 1. The molecule has 0 aliphatic carbocycles. The summed E-state index contributed by atoms with van der Waals surface area (Å²) in [6, 6.07) is 12.6. The molecular weight excluding hydrogens is 318 g/mol. The van der Waals surface area contributed by atoms with Gasteiger partial charge in [0.1, 0.15) is 28.6 Å². The minimum Gasteiger partial charge on any atom is -0.506 e. The normalized spacial score (nSPS) is 12.7. The van der Waals surface area contributed by atoms with Gasteiger partial charge in [0.05, 0.1) is 0 Å². The second kappa shape index (κ2) is 7.27. The van der Waals surface area contributed by atoms with Crippen molar-refractivity contribution in [3.05, 3.63) is 60.2 Å². The molecule has 3 aromatic rings. The number of hydrogen-bond donors (Lipinski definition) is 2. The number of allylic oxidation sites excluding steroid dienone is 1. The number of phenols is 1. The lowest BCUT2D eigenvalue weighted by molar-refractivity contribution is -0.124. The molecule has 1 atom stereocenters. The molecule has 1 aromatic heterocycles. The maximum Gasteiger partial charge on any atom is 0.165 e. The van der Waals surface area contributed by atoms with Crippen LogP contribution in [0, 0.1) is 0 Å². The molecule has 25 heavy (non-hydrogen) atoms. The fourth-order valence-electron chi connectivity index (χ4n) is 2.57. The van der Waals surface area contributed by atoms with Crippen LogP contribution in [-0.4, -0.2) is 37.1 Å². The van der Waals surface area contributed by atoms with Crippen molar-refractivity contribution >= 4 is 16.8 Å². The number of carbonyl (C=O) groups excluding carboxylic acids is 1. The fourth-order valence-corrected chi connectivity index (χ4v) is 2.57. The van der Waals surface area contributed by atoms with Crippen molar-refractivity contribution in [2.75, 3.05) is 0 Å². The predicted molar refractivity (Wildman–Crippen MR) is 94.7 cm³/mol. The molecule has 0 fully saturated rings. The molecule has 0 aliphatic heterocycles. The molecule has 0 amide bonds. The van der Waals surface area contributed by atoms with E-state index < -0.39 is 6.10 Å². The molecule has 6 nitrogen and oxygen atoms in total. The highest BCUT2D eigenvalue weighted by atomic mass is 16.3. The second-order valence-electron chi connectivity index (χ2n) is 5.74. The van der Waals surface area contributed by atoms with Gasteiger partial charge in [-0.15, -0.1) is 15.0 Å². The van der Waals surface area contributed by atoms with Crippen LogP contribution in [0.5, 0.6) is 5.75 Å². The number of aromatic nitrogens is 3. The van der Waals surface area contributed by atoms with E-state index in [1.54, 1.807) is 25.1 Å². The summed E-state index contributed by atoms with van der Waals surface area (Å²) >= 11 is 0. The van der Waals surface area contributed by atoms with Crippen LogP contribution in [0.3, 0.4) is 0 Å². The number of Topliss-reactive ketones (excluding diaryl/α,β-unsaturated/α-hetero) is 1. The van der Waals surface area contributed by atoms with Crippen LogP contribution in [0.25, 0.3) is 16.7 Å². The average Bonchev–Trinajstić information content (AvgIpc) is 3.03. The third kappa shape index (κ3) is 3.75. The Kier molecular flexibility index (Phi) is 4.90. The Morgan fingerprint density at radius 3 is 2.48 bits per heavy atom. The van der Waals surface area contributed by atoms with Gasteiger partial charge in [-0.3, -0.25) is 4.79 Å². The summed E-state index contributed by atoms with van der Waals surface area (Å²) in [5.74, 6) is -0.207. The van der Waals surface area contributed by atoms with E-state index in [4.69, 9.17) is 0 Å². The number of rotatable bonds is 6. The lowest BCUT2D eigenvalue weighted by atomic mass is 10.0. The molecule has 6 heteroatoms. The van der Waals surface area contributed by atoms with E-state index in [0.717, 1.165) is 16.6 Å². The van der Waals surface area contributed by atoms with Crippen molar-refractivity contribution < 1.29 is 15.0 Å². The van der Waals surface area contributed by atoms with Crippen LogP contribution in [0.2, 0.25) is 0 Å². The maximum atomic E-state index is 11.8. The number of hydrogen-bond acceptors (Lipinski definition) is 5. The van der Waals surface area contributed by atoms with Crippen molar-refractivity contribution in [3.63, 3.8) is 0 Å². The van der Waals surface area contributed by atoms with Crippen molar-refractivity contribution in [3.8, 4) is 11.4 Å². The summed E-state index contributed by atoms with van der Waals surface area (Å²) in [6.45, 7) is 1.75. The summed E-state index contributed by atoms with van der Waals surface area (Å²) in [5.41, 5.74) is 2.77. The lowest BCUT2D eigenvalue weighted by Crippen LogP contribution is -2.17. The molecule has 2 N–H and O–H groups in total. The van der Waals surface area contributed by atoms with E-state index in [1.807, 2.05) is 30.3 Å². The third-order valence-electron chi connectivity index (χ3n) is 3.91. The van der Waals surface area contributed by atoms with Crippen LogP contribution >= 0.6 is 0 Å². The zero-order valence-electron chi connectivity index (χ0n) is 13.8. The standard InChI is InChI=1S/C19H19N3O3/c1-2-5-17(23)18(24)11-9-13-8-10-16(19(25)12-13)22-20-14-6-3-4-7-15(14)21-22/h2-8,10,12,17,23,25H,9,11H2,1H3. The number of aryl methyl sites for hydroxylation is 1. The van der Waals surface area contributed by atoms with E-state index in [2.05, 4.69) is 10.2 Å². The molecule has 0 bridgehead atoms. The number of aliphatic hydroxyl groups is 1. The quantitative estimate of drug-likeness (QED) is 0.675. The zero-order valence-corrected chi connectivity index (χ0v) is 13.8. The van der Waals surface area contributed by atoms with E-state index in [0.29, 0.717) is 12.1 Å². The number of aromatic hydroxyl groups is 1. The molecule has 0 aliphatic rings. The van der Waals surface area contributed by atoms with Gasteiger partial charge in [0.2, 0.25) is 0 Å². The Bertz CT molecular complexity index is 898. The molecule has 2 aromatic carbocycles. The molecule has 0 spiro atoms. The van der Waals surface area contributed by atoms with E-state index in [1.165, 1.54) is 10.9 Å². The molecule has 0 saturated carbocycles. The summed E-state index contributed by atoms with van der Waals surface area (Å²) in [4.78, 5) is 13.2. The molecule has 128 valence electrons. The average molecular weight is 337 g/mol. The van der Waals surface area contributed by atoms with Gasteiger partial charge in [-0.05, 0) is 43.2 Å². The third-order valence-corrected chi connectivity index (χ3v) is 3.91. The Morgan fingerprint density at radius 1 is 1.20 bits per heavy atom. The van der Waals surface area contributed by atoms with Gasteiger partial charge in [0.15, 0.2) is 5.78 Å². The topological polar surface area (TPSA) is 88.2 Å². The highest BCUT2D eigenvalue weighted by molar-refractivity contribution is 5.84. The largest absolute Gasteiger partial charge is 0.506 e. The summed E-state index contributed by atoms with van der Waals surface area (Å²) in [7, 11) is 0. The summed E-state index contributed by atoms with van der Waals surface area (Å²) in [5, 5.41) is 28.6. The number of aliphatic hydroxyl groups excluding tert-OH is 1. The lowest BCUT2D eigenvalue weighted by Gasteiger charge is -2.07. The minimum atomic E-state index is -1.07. The van der Waals surface area contributed by atoms with Crippen molar-refractivity contribution in [1.29, 1.82) is 0 Å². The number of nitrogens with zero attached hydrogens (tertiary/aromatic N) is 3. The first-order chi connectivity index (χ1) is 12.1. The van der Waals surface area contributed by atoms with Crippen LogP contribution < -0.4 is 0 Å². The van der Waals surface area contributed by atoms with Crippen molar-refractivity contribution in [2.24, 2.45) is 0 Å². The minimum absolute atomic E-state index is 0.0410. The first-order valence-corrected chi connectivity index (χ1v) is 8.06. The molecule has 1 unspecified atom stereocenters. The number of ketones is 1. The zero-order chi connectivity index (χ0) is 17.8. The van der Waals surface area contributed by atoms with Gasteiger partial charge in [-0.25, -0.2) is 0 Å². The van der Waals surface area contributed by atoms with Gasteiger partial charge in [0.25, 0.3) is 0 Å². The Hall–Kier alpha value is -2.99. The Labute approximate surface area is 145 Å². The first kappa shape index (κ1) is 16.9. The number of benzene rings is 2. The van der Waals surface area contributed by atoms with Crippen LogP contribution in [0.15, 0.2) is 54.6 Å². The van der Waals surface area contributed by atoms with Crippen molar-refractivity contribution in [2.45, 2.75) is 25.9 Å². The Morgan fingerprint density at radius 2 is 1.88 bits per heavy atom. The van der Waals surface area contributed by atoms with Crippen LogP contribution in [0.4, 0.5) is 0 Å². The van der Waals surface area contributed by atoms with Crippen LogP contribution in [-0.2, 0) is 11.2 Å². The number of carbonyl (C=O) groups is 1. The van der Waals surface area contributed by atoms with Crippen molar-refractivity contribution in [1.82, 2.24) is 15.0 Å². The van der Waals surface area contributed by atoms with Crippen LogP contribution in [0.1, 0.15) is 18.9 Å².